The van der Waals surface area contributed by atoms with Gasteiger partial charge in [0, 0.05) is 11.6 Å². The smallest absolute Gasteiger partial charge is 0.309 e. The van der Waals surface area contributed by atoms with Gasteiger partial charge in [-0.05, 0) is 42.5 Å². The highest BCUT2D eigenvalue weighted by atomic mass is 35.5. The van der Waals surface area contributed by atoms with E-state index in [1.807, 2.05) is 6.07 Å². The summed E-state index contributed by atoms with van der Waals surface area (Å²) in [6.45, 7) is -0.342. The van der Waals surface area contributed by atoms with Crippen LogP contribution in [0.4, 0.5) is 0 Å². The number of hydrogen-bond acceptors (Lipinski definition) is 5. The molecule has 0 aliphatic carbocycles. The summed E-state index contributed by atoms with van der Waals surface area (Å²) in [5.74, 6) is -1.61. The number of ether oxygens (including phenoxy) is 1. The zero-order valence-electron chi connectivity index (χ0n) is 14.2. The molecule has 0 saturated carbocycles. The van der Waals surface area contributed by atoms with Crippen LogP contribution in [0.15, 0.2) is 47.4 Å². The number of sulfonamides is 1. The van der Waals surface area contributed by atoms with Gasteiger partial charge in [-0.15, -0.1) is 0 Å². The van der Waals surface area contributed by atoms with Crippen molar-refractivity contribution in [1.29, 1.82) is 5.26 Å². The zero-order valence-corrected chi connectivity index (χ0v) is 16.6. The van der Waals surface area contributed by atoms with E-state index in [1.165, 1.54) is 18.2 Å². The van der Waals surface area contributed by atoms with Crippen molar-refractivity contribution in [1.82, 2.24) is 4.31 Å². The molecule has 0 spiro atoms. The Labute approximate surface area is 171 Å². The van der Waals surface area contributed by atoms with Crippen molar-refractivity contribution in [3.05, 3.63) is 58.1 Å². The second-order valence-corrected chi connectivity index (χ2v) is 8.81. The van der Waals surface area contributed by atoms with Crippen molar-refractivity contribution in [3.63, 3.8) is 0 Å². The maximum atomic E-state index is 12.9. The molecule has 10 heteroatoms. The Morgan fingerprint density at radius 3 is 2.50 bits per heavy atom. The second kappa shape index (κ2) is 7.97. The molecule has 1 aliphatic rings. The quantitative estimate of drug-likeness (QED) is 0.739. The summed E-state index contributed by atoms with van der Waals surface area (Å²) in [5.41, 5.74) is 0.445. The van der Waals surface area contributed by atoms with Crippen molar-refractivity contribution in [2.24, 2.45) is 5.92 Å². The first-order valence-electron chi connectivity index (χ1n) is 8.06. The summed E-state index contributed by atoms with van der Waals surface area (Å²) < 4.78 is 32.5. The molecule has 0 amide bonds. The first kappa shape index (κ1) is 20.4. The maximum Gasteiger partial charge on any atom is 0.309 e. The Balaban J connectivity index is 1.81. The van der Waals surface area contributed by atoms with Crippen LogP contribution in [0.3, 0.4) is 0 Å². The lowest BCUT2D eigenvalue weighted by molar-refractivity contribution is -0.149. The van der Waals surface area contributed by atoms with Gasteiger partial charge >= 0.3 is 5.97 Å². The number of nitrogens with zero attached hydrogens (tertiary/aromatic N) is 2. The van der Waals surface area contributed by atoms with Crippen LogP contribution in [-0.2, 0) is 14.8 Å². The van der Waals surface area contributed by atoms with Crippen LogP contribution in [0.2, 0.25) is 10.0 Å². The summed E-state index contributed by atoms with van der Waals surface area (Å²) in [6.07, 6.45) is 0. The molecule has 0 bridgehead atoms. The number of carbonyl (C=O) groups is 1. The highest BCUT2D eigenvalue weighted by Gasteiger charge is 2.50. The molecule has 2 unspecified atom stereocenters. The number of rotatable bonds is 6. The molecule has 0 aromatic heterocycles. The molecule has 28 heavy (non-hydrogen) atoms. The molecule has 3 rings (SSSR count). The fourth-order valence-electron chi connectivity index (χ4n) is 2.85. The van der Waals surface area contributed by atoms with E-state index in [0.29, 0.717) is 11.3 Å². The van der Waals surface area contributed by atoms with Gasteiger partial charge in [-0.2, -0.15) is 9.57 Å². The molecular formula is C18H14Cl2N2O5S. The van der Waals surface area contributed by atoms with E-state index >= 15 is 0 Å². The van der Waals surface area contributed by atoms with Crippen molar-refractivity contribution in [2.75, 3.05) is 13.2 Å². The van der Waals surface area contributed by atoms with Gasteiger partial charge < -0.3 is 9.84 Å². The average molecular weight is 441 g/mol. The lowest BCUT2D eigenvalue weighted by atomic mass is 9.92. The fourth-order valence-corrected chi connectivity index (χ4v) is 5.27. The molecule has 1 heterocycles. The van der Waals surface area contributed by atoms with Crippen LogP contribution >= 0.6 is 23.2 Å². The molecule has 1 fully saturated rings. The Morgan fingerprint density at radius 1 is 1.25 bits per heavy atom. The largest absolute Gasteiger partial charge is 0.492 e. The van der Waals surface area contributed by atoms with Gasteiger partial charge in [0.05, 0.1) is 28.6 Å². The number of halogens is 2. The topological polar surface area (TPSA) is 108 Å². The monoisotopic (exact) mass is 440 g/mol. The van der Waals surface area contributed by atoms with Gasteiger partial charge in [0.25, 0.3) is 0 Å². The summed E-state index contributed by atoms with van der Waals surface area (Å²) in [7, 11) is -4.02. The van der Waals surface area contributed by atoms with Crippen LogP contribution in [0.5, 0.6) is 5.75 Å². The average Bonchev–Trinajstić information content (AvgIpc) is 2.60. The number of benzene rings is 2. The van der Waals surface area contributed by atoms with Gasteiger partial charge in [0.15, 0.2) is 0 Å². The van der Waals surface area contributed by atoms with E-state index in [-0.39, 0.29) is 28.1 Å². The normalized spacial score (nSPS) is 19.5. The summed E-state index contributed by atoms with van der Waals surface area (Å²) in [5, 5.41) is 18.4. The fraction of sp³-hybridized carbons (Fsp3) is 0.222. The molecule has 1 saturated heterocycles. The van der Waals surface area contributed by atoms with Crippen LogP contribution in [0.25, 0.3) is 0 Å². The third-order valence-electron chi connectivity index (χ3n) is 4.41. The molecule has 2 aromatic carbocycles. The number of hydrogen-bond donors (Lipinski definition) is 1. The molecular weight excluding hydrogens is 427 g/mol. The van der Waals surface area contributed by atoms with Gasteiger partial charge in [0.2, 0.25) is 10.0 Å². The maximum absolute atomic E-state index is 12.9. The Bertz CT molecular complexity index is 1050. The van der Waals surface area contributed by atoms with Crippen molar-refractivity contribution in [2.45, 2.75) is 10.9 Å². The molecule has 2 aromatic rings. The van der Waals surface area contributed by atoms with E-state index in [2.05, 4.69) is 0 Å². The van der Waals surface area contributed by atoms with Gasteiger partial charge in [0.1, 0.15) is 17.3 Å². The molecule has 0 radical (unpaired) electrons. The predicted molar refractivity (Wildman–Crippen MR) is 102 cm³/mol. The highest BCUT2D eigenvalue weighted by Crippen LogP contribution is 2.35. The minimum Gasteiger partial charge on any atom is -0.492 e. The van der Waals surface area contributed by atoms with Gasteiger partial charge in [-0.1, -0.05) is 23.2 Å². The Hall–Kier alpha value is -2.31. The van der Waals surface area contributed by atoms with Crippen LogP contribution in [0, 0.1) is 17.2 Å². The molecule has 1 aliphatic heterocycles. The molecule has 1 N–H and O–H groups in total. The lowest BCUT2D eigenvalue weighted by Gasteiger charge is -2.44. The lowest BCUT2D eigenvalue weighted by Crippen LogP contribution is -2.63. The van der Waals surface area contributed by atoms with E-state index in [4.69, 9.17) is 33.2 Å². The zero-order chi connectivity index (χ0) is 20.5. The Kier molecular flexibility index (Phi) is 5.82. The first-order chi connectivity index (χ1) is 13.2. The van der Waals surface area contributed by atoms with Crippen molar-refractivity contribution in [3.8, 4) is 11.8 Å². The first-order valence-corrected chi connectivity index (χ1v) is 10.3. The van der Waals surface area contributed by atoms with Crippen LogP contribution in [0.1, 0.15) is 5.56 Å². The van der Waals surface area contributed by atoms with E-state index in [9.17, 15) is 18.3 Å². The third kappa shape index (κ3) is 3.93. The second-order valence-electron chi connectivity index (χ2n) is 6.11. The van der Waals surface area contributed by atoms with E-state index in [1.54, 1.807) is 24.3 Å². The molecule has 2 atom stereocenters. The SMILES string of the molecule is N#Cc1ccc(OCC2C(C(=O)O)CN2S(=O)(=O)c2ccc(Cl)cc2Cl)cc1. The predicted octanol–water partition coefficient (Wildman–Crippen LogP) is 3.02. The summed E-state index contributed by atoms with van der Waals surface area (Å²) in [4.78, 5) is 11.3. The number of nitriles is 1. The van der Waals surface area contributed by atoms with Gasteiger partial charge in [-0.3, -0.25) is 4.79 Å². The molecule has 146 valence electrons. The minimum atomic E-state index is -4.02. The van der Waals surface area contributed by atoms with Crippen LogP contribution < -0.4 is 4.74 Å². The summed E-state index contributed by atoms with van der Waals surface area (Å²) in [6, 6.07) is 11.3. The van der Waals surface area contributed by atoms with Gasteiger partial charge in [-0.25, -0.2) is 8.42 Å². The number of aliphatic carboxylic acids is 1. The minimum absolute atomic E-state index is 0.0435. The van der Waals surface area contributed by atoms with E-state index < -0.39 is 28.0 Å². The summed E-state index contributed by atoms with van der Waals surface area (Å²) >= 11 is 11.8. The van der Waals surface area contributed by atoms with Crippen molar-refractivity contribution < 1.29 is 23.1 Å². The molecule has 7 nitrogen and oxygen atoms in total. The third-order valence-corrected chi connectivity index (χ3v) is 7.02. The van der Waals surface area contributed by atoms with E-state index in [0.717, 1.165) is 4.31 Å². The number of carboxylic acid groups (broad SMARTS) is 1. The standard InChI is InChI=1S/C18H14Cl2N2O5S/c19-12-3-6-17(15(20)7-12)28(25,26)22-9-14(18(23)24)16(22)10-27-13-4-1-11(8-21)2-5-13/h1-7,14,16H,9-10H2,(H,23,24). The van der Waals surface area contributed by atoms with Crippen molar-refractivity contribution >= 4 is 39.2 Å². The Morgan fingerprint density at radius 2 is 1.93 bits per heavy atom. The van der Waals surface area contributed by atoms with Crippen LogP contribution in [-0.4, -0.2) is 43.0 Å². The highest BCUT2D eigenvalue weighted by molar-refractivity contribution is 7.89. The number of carboxylic acids is 1.